The van der Waals surface area contributed by atoms with Crippen molar-refractivity contribution in [2.75, 3.05) is 18.6 Å². The molecule has 1 aliphatic heterocycles. The first-order valence-corrected chi connectivity index (χ1v) is 8.50. The maximum absolute atomic E-state index is 12.5. The van der Waals surface area contributed by atoms with Crippen molar-refractivity contribution in [3.63, 3.8) is 0 Å². The first-order chi connectivity index (χ1) is 12.5. The van der Waals surface area contributed by atoms with E-state index in [9.17, 15) is 9.59 Å². The summed E-state index contributed by atoms with van der Waals surface area (Å²) in [4.78, 5) is 26.3. The van der Waals surface area contributed by atoms with Gasteiger partial charge in [0.1, 0.15) is 0 Å². The second-order valence-corrected chi connectivity index (χ2v) is 6.33. The van der Waals surface area contributed by atoms with E-state index < -0.39 is 0 Å². The van der Waals surface area contributed by atoms with Gasteiger partial charge in [-0.25, -0.2) is 0 Å². The summed E-state index contributed by atoms with van der Waals surface area (Å²) in [6.45, 7) is 4.21. The monoisotopic (exact) mass is 354 g/mol. The van der Waals surface area contributed by atoms with Gasteiger partial charge in [0.2, 0.25) is 5.91 Å². The molecule has 2 aromatic carbocycles. The number of anilines is 1. The molecule has 0 saturated heterocycles. The Labute approximate surface area is 152 Å². The van der Waals surface area contributed by atoms with Crippen molar-refractivity contribution >= 4 is 17.5 Å². The van der Waals surface area contributed by atoms with Crippen molar-refractivity contribution in [1.29, 1.82) is 0 Å². The van der Waals surface area contributed by atoms with Crippen LogP contribution >= 0.6 is 0 Å². The van der Waals surface area contributed by atoms with Crippen LogP contribution in [0.5, 0.6) is 11.5 Å². The molecule has 2 aromatic rings. The van der Waals surface area contributed by atoms with Gasteiger partial charge in [0, 0.05) is 0 Å². The predicted molar refractivity (Wildman–Crippen MR) is 98.7 cm³/mol. The van der Waals surface area contributed by atoms with Crippen molar-refractivity contribution in [2.45, 2.75) is 26.5 Å². The molecule has 2 amide bonds. The number of methoxy groups -OCH3 is 1. The third-order valence-corrected chi connectivity index (χ3v) is 4.07. The van der Waals surface area contributed by atoms with Crippen LogP contribution in [0.25, 0.3) is 0 Å². The fraction of sp³-hybridized carbons (Fsp3) is 0.300. The zero-order chi connectivity index (χ0) is 18.7. The topological polar surface area (TPSA) is 67.9 Å². The molecule has 0 atom stereocenters. The summed E-state index contributed by atoms with van der Waals surface area (Å²) in [6, 6.07) is 12.7. The summed E-state index contributed by atoms with van der Waals surface area (Å²) >= 11 is 0. The molecule has 1 heterocycles. The van der Waals surface area contributed by atoms with Crippen LogP contribution in [0.15, 0.2) is 42.5 Å². The average molecular weight is 354 g/mol. The minimum absolute atomic E-state index is 0.0286. The molecule has 0 spiro atoms. The third-order valence-electron chi connectivity index (χ3n) is 4.07. The summed E-state index contributed by atoms with van der Waals surface area (Å²) in [5.74, 6) is 0.867. The predicted octanol–water partition coefficient (Wildman–Crippen LogP) is 2.76. The molecule has 6 nitrogen and oxygen atoms in total. The number of fused-ring (bicyclic) bond motifs is 1. The second kappa shape index (κ2) is 7.47. The van der Waals surface area contributed by atoms with Crippen LogP contribution in [-0.2, 0) is 11.3 Å². The molecule has 6 heteroatoms. The van der Waals surface area contributed by atoms with Crippen LogP contribution < -0.4 is 19.7 Å². The largest absolute Gasteiger partial charge is 0.493 e. The van der Waals surface area contributed by atoms with Gasteiger partial charge in [0.05, 0.1) is 37.6 Å². The van der Waals surface area contributed by atoms with Crippen molar-refractivity contribution in [3.8, 4) is 11.5 Å². The van der Waals surface area contributed by atoms with Crippen LogP contribution in [-0.4, -0.2) is 31.6 Å². The molecule has 0 aromatic heterocycles. The van der Waals surface area contributed by atoms with Crippen LogP contribution in [0.2, 0.25) is 0 Å². The number of carbonyl (C=O) groups excluding carboxylic acids is 2. The van der Waals surface area contributed by atoms with Gasteiger partial charge in [-0.2, -0.15) is 0 Å². The smallest absolute Gasteiger partial charge is 0.253 e. The number of nitrogens with one attached hydrogen (secondary N) is 1. The lowest BCUT2D eigenvalue weighted by Gasteiger charge is -2.23. The highest BCUT2D eigenvalue weighted by atomic mass is 16.5. The summed E-state index contributed by atoms with van der Waals surface area (Å²) in [5, 5.41) is 2.64. The fourth-order valence-corrected chi connectivity index (χ4v) is 2.90. The lowest BCUT2D eigenvalue weighted by molar-refractivity contribution is -0.117. The quantitative estimate of drug-likeness (QED) is 0.896. The summed E-state index contributed by atoms with van der Waals surface area (Å²) < 4.78 is 11.2. The molecule has 0 fully saturated rings. The van der Waals surface area contributed by atoms with E-state index in [1.807, 2.05) is 38.1 Å². The highest BCUT2D eigenvalue weighted by Gasteiger charge is 2.26. The molecule has 0 aliphatic carbocycles. The maximum Gasteiger partial charge on any atom is 0.253 e. The molecule has 1 aliphatic rings. The van der Waals surface area contributed by atoms with Gasteiger partial charge < -0.3 is 19.7 Å². The molecule has 0 unspecified atom stereocenters. The Morgan fingerprint density at radius 1 is 1.12 bits per heavy atom. The summed E-state index contributed by atoms with van der Waals surface area (Å²) in [7, 11) is 1.58. The molecule has 26 heavy (non-hydrogen) atoms. The van der Waals surface area contributed by atoms with Crippen LogP contribution in [0.3, 0.4) is 0 Å². The van der Waals surface area contributed by atoms with Crippen molar-refractivity contribution in [1.82, 2.24) is 5.32 Å². The van der Waals surface area contributed by atoms with Crippen LogP contribution in [0.1, 0.15) is 29.8 Å². The SMILES string of the molecule is COc1cc(CN2C(=O)CNC(=O)c3ccccc32)ccc1OC(C)C. The number of carbonyl (C=O) groups is 2. The van der Waals surface area contributed by atoms with Crippen molar-refractivity contribution < 1.29 is 19.1 Å². The number of nitrogens with zero attached hydrogens (tertiary/aromatic N) is 1. The summed E-state index contributed by atoms with van der Waals surface area (Å²) in [5.41, 5.74) is 1.98. The number of hydrogen-bond donors (Lipinski definition) is 1. The number of benzene rings is 2. The Morgan fingerprint density at radius 3 is 2.62 bits per heavy atom. The normalized spacial score (nSPS) is 13.9. The molecule has 136 valence electrons. The number of para-hydroxylation sites is 1. The molecule has 1 N–H and O–H groups in total. The maximum atomic E-state index is 12.5. The van der Waals surface area contributed by atoms with Gasteiger partial charge in [-0.1, -0.05) is 18.2 Å². The van der Waals surface area contributed by atoms with Crippen molar-refractivity contribution in [3.05, 3.63) is 53.6 Å². The second-order valence-electron chi connectivity index (χ2n) is 6.33. The van der Waals surface area contributed by atoms with E-state index in [4.69, 9.17) is 9.47 Å². The van der Waals surface area contributed by atoms with Gasteiger partial charge in [0.25, 0.3) is 5.91 Å². The van der Waals surface area contributed by atoms with E-state index in [-0.39, 0.29) is 24.5 Å². The molecule has 0 radical (unpaired) electrons. The number of amides is 2. The van der Waals surface area contributed by atoms with E-state index in [0.29, 0.717) is 29.3 Å². The Hall–Kier alpha value is -3.02. The lowest BCUT2D eigenvalue weighted by atomic mass is 10.1. The minimum atomic E-state index is -0.241. The number of ether oxygens (including phenoxy) is 2. The first kappa shape index (κ1) is 17.8. The highest BCUT2D eigenvalue weighted by Crippen LogP contribution is 2.31. The van der Waals surface area contributed by atoms with E-state index in [1.165, 1.54) is 0 Å². The Balaban J connectivity index is 1.93. The molecule has 3 rings (SSSR count). The molecular weight excluding hydrogens is 332 g/mol. The van der Waals surface area contributed by atoms with E-state index in [1.54, 1.807) is 30.2 Å². The first-order valence-electron chi connectivity index (χ1n) is 8.50. The van der Waals surface area contributed by atoms with Gasteiger partial charge in [-0.15, -0.1) is 0 Å². The van der Waals surface area contributed by atoms with Crippen LogP contribution in [0.4, 0.5) is 5.69 Å². The zero-order valence-electron chi connectivity index (χ0n) is 15.1. The molecule has 0 bridgehead atoms. The lowest BCUT2D eigenvalue weighted by Crippen LogP contribution is -2.36. The third kappa shape index (κ3) is 3.64. The van der Waals surface area contributed by atoms with Gasteiger partial charge >= 0.3 is 0 Å². The van der Waals surface area contributed by atoms with Crippen molar-refractivity contribution in [2.24, 2.45) is 0 Å². The molecular formula is C20H22N2O4. The molecule has 0 saturated carbocycles. The van der Waals surface area contributed by atoms with Gasteiger partial charge in [-0.3, -0.25) is 9.59 Å². The summed E-state index contributed by atoms with van der Waals surface area (Å²) in [6.07, 6.45) is 0.0332. The highest BCUT2D eigenvalue weighted by molar-refractivity contribution is 6.09. The Bertz CT molecular complexity index is 832. The van der Waals surface area contributed by atoms with E-state index in [2.05, 4.69) is 5.32 Å². The van der Waals surface area contributed by atoms with Crippen LogP contribution in [0, 0.1) is 0 Å². The van der Waals surface area contributed by atoms with E-state index >= 15 is 0 Å². The van der Waals surface area contributed by atoms with Gasteiger partial charge in [-0.05, 0) is 43.7 Å². The zero-order valence-corrected chi connectivity index (χ0v) is 15.1. The average Bonchev–Trinajstić information content (AvgIpc) is 2.75. The standard InChI is InChI=1S/C20H22N2O4/c1-13(2)26-17-9-8-14(10-18(17)25-3)12-22-16-7-5-4-6-15(16)20(24)21-11-19(22)23/h4-10,13H,11-12H2,1-3H3,(H,21,24). The Morgan fingerprint density at radius 2 is 1.88 bits per heavy atom. The fourth-order valence-electron chi connectivity index (χ4n) is 2.90. The number of rotatable bonds is 5. The van der Waals surface area contributed by atoms with Gasteiger partial charge in [0.15, 0.2) is 11.5 Å². The minimum Gasteiger partial charge on any atom is -0.493 e. The van der Waals surface area contributed by atoms with E-state index in [0.717, 1.165) is 5.56 Å². The Kier molecular flexibility index (Phi) is 5.11. The number of hydrogen-bond acceptors (Lipinski definition) is 4.